The van der Waals surface area contributed by atoms with Gasteiger partial charge >= 0.3 is 0 Å². The lowest BCUT2D eigenvalue weighted by Gasteiger charge is -2.24. The van der Waals surface area contributed by atoms with Crippen molar-refractivity contribution < 1.29 is 4.74 Å². The lowest BCUT2D eigenvalue weighted by molar-refractivity contribution is 0.00858. The van der Waals surface area contributed by atoms with E-state index in [1.807, 2.05) is 11.6 Å². The first-order chi connectivity index (χ1) is 8.38. The Morgan fingerprint density at radius 2 is 2.53 bits per heavy atom. The number of nitrogens with one attached hydrogen (secondary N) is 1. The molecular weight excluding hydrogens is 234 g/mol. The summed E-state index contributed by atoms with van der Waals surface area (Å²) in [5, 5.41) is 3.16. The molecule has 2 unspecified atom stereocenters. The number of nitrogens with zero attached hydrogens (tertiary/aromatic N) is 1. The predicted octanol–water partition coefficient (Wildman–Crippen LogP) is 1.87. The molecule has 0 bridgehead atoms. The van der Waals surface area contributed by atoms with Crippen LogP contribution in [0.4, 0.5) is 0 Å². The number of nitrogens with two attached hydrogens (primary N) is 1. The zero-order valence-corrected chi connectivity index (χ0v) is 10.9. The average Bonchev–Trinajstić information content (AvgIpc) is 2.88. The number of aromatic nitrogens is 1. The molecule has 4 nitrogen and oxygen atoms in total. The molecule has 0 aliphatic carbocycles. The highest BCUT2D eigenvalue weighted by Crippen LogP contribution is 2.19. The Morgan fingerprint density at radius 1 is 1.59 bits per heavy atom. The molecule has 2 heterocycles. The third kappa shape index (κ3) is 4.35. The standard InChI is InChI=1S/C12H21N3OS/c13-15-10(9-12-14-6-8-17-12)4-5-11-3-1-2-7-16-11/h6,8,10-11,15H,1-5,7,9,13H2. The average molecular weight is 255 g/mol. The molecule has 0 saturated carbocycles. The summed E-state index contributed by atoms with van der Waals surface area (Å²) in [6.45, 7) is 0.928. The second-order valence-corrected chi connectivity index (χ2v) is 5.54. The first kappa shape index (κ1) is 13.0. The van der Waals surface area contributed by atoms with Crippen molar-refractivity contribution in [3.63, 3.8) is 0 Å². The van der Waals surface area contributed by atoms with Crippen LogP contribution in [0, 0.1) is 0 Å². The molecule has 96 valence electrons. The molecule has 1 fully saturated rings. The Balaban J connectivity index is 1.71. The highest BCUT2D eigenvalue weighted by Gasteiger charge is 2.16. The molecule has 2 rings (SSSR count). The summed E-state index contributed by atoms with van der Waals surface area (Å²) >= 11 is 1.69. The van der Waals surface area contributed by atoms with Crippen LogP contribution in [-0.4, -0.2) is 23.7 Å². The molecule has 0 radical (unpaired) electrons. The first-order valence-corrected chi connectivity index (χ1v) is 7.22. The van der Waals surface area contributed by atoms with Gasteiger partial charge in [0, 0.05) is 30.6 Å². The molecule has 1 saturated heterocycles. The van der Waals surface area contributed by atoms with E-state index in [-0.39, 0.29) is 0 Å². The van der Waals surface area contributed by atoms with Crippen LogP contribution in [0.5, 0.6) is 0 Å². The van der Waals surface area contributed by atoms with Crippen LogP contribution in [0.1, 0.15) is 37.1 Å². The van der Waals surface area contributed by atoms with Crippen molar-refractivity contribution in [3.05, 3.63) is 16.6 Å². The molecule has 0 aromatic carbocycles. The van der Waals surface area contributed by atoms with Crippen LogP contribution in [0.25, 0.3) is 0 Å². The second-order valence-electron chi connectivity index (χ2n) is 4.56. The lowest BCUT2D eigenvalue weighted by Crippen LogP contribution is -2.37. The Kier molecular flexibility index (Phi) is 5.38. The molecule has 1 aromatic rings. The Morgan fingerprint density at radius 3 is 3.18 bits per heavy atom. The van der Waals surface area contributed by atoms with E-state index in [0.29, 0.717) is 12.1 Å². The third-order valence-electron chi connectivity index (χ3n) is 3.25. The van der Waals surface area contributed by atoms with Gasteiger partial charge in [-0.1, -0.05) is 0 Å². The van der Waals surface area contributed by atoms with Crippen LogP contribution in [0.3, 0.4) is 0 Å². The van der Waals surface area contributed by atoms with Crippen LogP contribution in [0.15, 0.2) is 11.6 Å². The summed E-state index contributed by atoms with van der Waals surface area (Å²) in [4.78, 5) is 4.29. The van der Waals surface area contributed by atoms with Gasteiger partial charge in [0.15, 0.2) is 0 Å². The van der Waals surface area contributed by atoms with Gasteiger partial charge in [0.1, 0.15) is 0 Å². The van der Waals surface area contributed by atoms with E-state index in [1.165, 1.54) is 19.3 Å². The van der Waals surface area contributed by atoms with Crippen molar-refractivity contribution in [2.75, 3.05) is 6.61 Å². The highest BCUT2D eigenvalue weighted by atomic mass is 32.1. The van der Waals surface area contributed by atoms with E-state index in [4.69, 9.17) is 10.6 Å². The monoisotopic (exact) mass is 255 g/mol. The largest absolute Gasteiger partial charge is 0.378 e. The minimum Gasteiger partial charge on any atom is -0.378 e. The fourth-order valence-corrected chi connectivity index (χ4v) is 2.93. The maximum absolute atomic E-state index is 5.73. The van der Waals surface area contributed by atoms with Gasteiger partial charge in [0.25, 0.3) is 0 Å². The molecule has 0 amide bonds. The molecule has 0 spiro atoms. The van der Waals surface area contributed by atoms with Gasteiger partial charge in [-0.05, 0) is 32.1 Å². The highest BCUT2D eigenvalue weighted by molar-refractivity contribution is 7.09. The van der Waals surface area contributed by atoms with Gasteiger partial charge in [0.2, 0.25) is 0 Å². The summed E-state index contributed by atoms with van der Waals surface area (Å²) < 4.78 is 5.73. The Labute approximate surface area is 107 Å². The van der Waals surface area contributed by atoms with Crippen molar-refractivity contribution in [2.24, 2.45) is 5.84 Å². The van der Waals surface area contributed by atoms with Gasteiger partial charge < -0.3 is 4.74 Å². The number of thiazole rings is 1. The van der Waals surface area contributed by atoms with Gasteiger partial charge in [-0.3, -0.25) is 11.3 Å². The zero-order chi connectivity index (χ0) is 11.9. The van der Waals surface area contributed by atoms with Crippen LogP contribution < -0.4 is 11.3 Å². The second kappa shape index (κ2) is 7.06. The number of hydrogen-bond donors (Lipinski definition) is 2. The zero-order valence-electron chi connectivity index (χ0n) is 10.1. The van der Waals surface area contributed by atoms with Gasteiger partial charge in [-0.15, -0.1) is 11.3 Å². The minimum atomic E-state index is 0.312. The fraction of sp³-hybridized carbons (Fsp3) is 0.750. The van der Waals surface area contributed by atoms with Gasteiger partial charge in [0.05, 0.1) is 11.1 Å². The molecule has 5 heteroatoms. The van der Waals surface area contributed by atoms with E-state index < -0.39 is 0 Å². The maximum Gasteiger partial charge on any atom is 0.0940 e. The predicted molar refractivity (Wildman–Crippen MR) is 69.8 cm³/mol. The lowest BCUT2D eigenvalue weighted by atomic mass is 10.0. The van der Waals surface area contributed by atoms with Crippen LogP contribution in [-0.2, 0) is 11.2 Å². The molecule has 1 aromatic heterocycles. The van der Waals surface area contributed by atoms with Crippen LogP contribution in [0.2, 0.25) is 0 Å². The van der Waals surface area contributed by atoms with Crippen molar-refractivity contribution in [2.45, 2.75) is 50.7 Å². The van der Waals surface area contributed by atoms with Crippen molar-refractivity contribution in [1.29, 1.82) is 0 Å². The van der Waals surface area contributed by atoms with Crippen molar-refractivity contribution in [3.8, 4) is 0 Å². The number of rotatable bonds is 6. The van der Waals surface area contributed by atoms with E-state index in [2.05, 4.69) is 10.4 Å². The molecule has 2 atom stereocenters. The molecular formula is C12H21N3OS. The normalized spacial score (nSPS) is 22.5. The van der Waals surface area contributed by atoms with E-state index in [1.54, 1.807) is 11.3 Å². The first-order valence-electron chi connectivity index (χ1n) is 6.34. The summed E-state index contributed by atoms with van der Waals surface area (Å²) in [6, 6.07) is 0.312. The minimum absolute atomic E-state index is 0.312. The topological polar surface area (TPSA) is 60.2 Å². The SMILES string of the molecule is NNC(CCC1CCCCO1)Cc1nccs1. The van der Waals surface area contributed by atoms with E-state index in [0.717, 1.165) is 30.9 Å². The quantitative estimate of drug-likeness (QED) is 0.602. The van der Waals surface area contributed by atoms with E-state index in [9.17, 15) is 0 Å². The summed E-state index contributed by atoms with van der Waals surface area (Å²) in [5.41, 5.74) is 2.89. The number of hydrogen-bond acceptors (Lipinski definition) is 5. The number of ether oxygens (including phenoxy) is 1. The van der Waals surface area contributed by atoms with Gasteiger partial charge in [-0.2, -0.15) is 0 Å². The maximum atomic E-state index is 5.73. The third-order valence-corrected chi connectivity index (χ3v) is 4.05. The molecule has 1 aliphatic heterocycles. The van der Waals surface area contributed by atoms with E-state index >= 15 is 0 Å². The Bertz CT molecular complexity index is 299. The summed E-state index contributed by atoms with van der Waals surface area (Å²) in [6.07, 6.45) is 9.08. The summed E-state index contributed by atoms with van der Waals surface area (Å²) in [5.74, 6) is 5.59. The molecule has 3 N–H and O–H groups in total. The molecule has 17 heavy (non-hydrogen) atoms. The fourth-order valence-electron chi connectivity index (χ4n) is 2.23. The Hall–Kier alpha value is -0.490. The van der Waals surface area contributed by atoms with Crippen LogP contribution >= 0.6 is 11.3 Å². The van der Waals surface area contributed by atoms with Gasteiger partial charge in [-0.25, -0.2) is 4.98 Å². The van der Waals surface area contributed by atoms with Crippen molar-refractivity contribution in [1.82, 2.24) is 10.4 Å². The summed E-state index contributed by atoms with van der Waals surface area (Å²) in [7, 11) is 0. The van der Waals surface area contributed by atoms with Crippen molar-refractivity contribution >= 4 is 11.3 Å². The smallest absolute Gasteiger partial charge is 0.0940 e. The molecule has 1 aliphatic rings. The number of hydrazine groups is 1.